The monoisotopic (exact) mass is 375 g/mol. The van der Waals surface area contributed by atoms with E-state index in [1.807, 2.05) is 12.1 Å². The summed E-state index contributed by atoms with van der Waals surface area (Å²) in [5.41, 5.74) is 2.49. The summed E-state index contributed by atoms with van der Waals surface area (Å²) in [6.45, 7) is 0.659. The summed E-state index contributed by atoms with van der Waals surface area (Å²) in [7, 11) is 0. The molecule has 1 aliphatic rings. The number of hydrogen-bond acceptors (Lipinski definition) is 3. The number of imidazole rings is 1. The van der Waals surface area contributed by atoms with Crippen molar-refractivity contribution in [2.75, 3.05) is 6.61 Å². The lowest BCUT2D eigenvalue weighted by atomic mass is 9.90. The number of nitrogens with zero attached hydrogens (tertiary/aromatic N) is 2. The van der Waals surface area contributed by atoms with Gasteiger partial charge in [-0.2, -0.15) is 0 Å². The third kappa shape index (κ3) is 3.46. The van der Waals surface area contributed by atoms with Crippen LogP contribution in [0.5, 0.6) is 5.75 Å². The topological polar surface area (TPSA) is 50.8 Å². The van der Waals surface area contributed by atoms with E-state index in [4.69, 9.17) is 32.9 Å². The van der Waals surface area contributed by atoms with Gasteiger partial charge < -0.3 is 9.72 Å². The van der Waals surface area contributed by atoms with Crippen LogP contribution in [-0.4, -0.2) is 21.6 Å². The summed E-state index contributed by atoms with van der Waals surface area (Å²) in [5, 5.41) is 0.899. The van der Waals surface area contributed by atoms with E-state index in [0.29, 0.717) is 28.3 Å². The van der Waals surface area contributed by atoms with Gasteiger partial charge in [-0.25, -0.2) is 4.98 Å². The molecule has 0 atom stereocenters. The van der Waals surface area contributed by atoms with Crippen LogP contribution in [0, 0.1) is 5.92 Å². The van der Waals surface area contributed by atoms with E-state index in [1.54, 1.807) is 18.5 Å². The highest BCUT2D eigenvalue weighted by molar-refractivity contribution is 6.44. The molecule has 0 spiro atoms. The van der Waals surface area contributed by atoms with Crippen LogP contribution in [0.2, 0.25) is 10.0 Å². The molecule has 130 valence electrons. The van der Waals surface area contributed by atoms with Gasteiger partial charge >= 0.3 is 0 Å². The largest absolute Gasteiger partial charge is 0.489 e. The highest BCUT2D eigenvalue weighted by Crippen LogP contribution is 2.40. The second-order valence-electron chi connectivity index (χ2n) is 6.53. The zero-order valence-corrected chi connectivity index (χ0v) is 15.3. The summed E-state index contributed by atoms with van der Waals surface area (Å²) < 4.78 is 6.11. The summed E-state index contributed by atoms with van der Waals surface area (Å²) >= 11 is 12.7. The molecule has 0 radical (unpaired) electrons. The van der Waals surface area contributed by atoms with Crippen molar-refractivity contribution in [3.8, 4) is 17.1 Å². The quantitative estimate of drug-likeness (QED) is 0.618. The first-order chi connectivity index (χ1) is 12.2. The van der Waals surface area contributed by atoms with Gasteiger partial charge in [-0.1, -0.05) is 42.5 Å². The molecule has 1 fully saturated rings. The van der Waals surface area contributed by atoms with Gasteiger partial charge in [-0.05, 0) is 37.0 Å². The van der Waals surface area contributed by atoms with Crippen LogP contribution < -0.4 is 4.74 Å². The SMILES string of the molecule is Clc1cc2[nH]c(-c3ccncc3)nc2c(OCC2CCCCC2)c1Cl. The van der Waals surface area contributed by atoms with Crippen molar-refractivity contribution in [2.45, 2.75) is 32.1 Å². The Hall–Kier alpha value is -1.78. The minimum atomic E-state index is 0.428. The first-order valence-corrected chi connectivity index (χ1v) is 9.39. The van der Waals surface area contributed by atoms with E-state index in [-0.39, 0.29) is 0 Å². The van der Waals surface area contributed by atoms with Crippen molar-refractivity contribution in [3.05, 3.63) is 40.6 Å². The van der Waals surface area contributed by atoms with Crippen molar-refractivity contribution < 1.29 is 4.74 Å². The molecule has 1 aromatic carbocycles. The minimum Gasteiger partial charge on any atom is -0.489 e. The average molecular weight is 376 g/mol. The maximum absolute atomic E-state index is 6.42. The van der Waals surface area contributed by atoms with Crippen LogP contribution in [0.1, 0.15) is 32.1 Å². The number of aromatic amines is 1. The normalized spacial score (nSPS) is 15.6. The maximum atomic E-state index is 6.42. The molecule has 2 heterocycles. The van der Waals surface area contributed by atoms with E-state index >= 15 is 0 Å². The Morgan fingerprint density at radius 1 is 1.12 bits per heavy atom. The predicted molar refractivity (Wildman–Crippen MR) is 101 cm³/mol. The standard InChI is InChI=1S/C19H19Cl2N3O/c20-14-10-15-17(24-19(23-15)13-6-8-22-9-7-13)18(16(14)21)25-11-12-4-2-1-3-5-12/h6-10,12H,1-5,11H2,(H,23,24). The Balaban J connectivity index is 1.69. The van der Waals surface area contributed by atoms with Gasteiger partial charge in [-0.3, -0.25) is 4.98 Å². The van der Waals surface area contributed by atoms with Crippen LogP contribution in [-0.2, 0) is 0 Å². The fourth-order valence-electron chi connectivity index (χ4n) is 3.40. The van der Waals surface area contributed by atoms with Gasteiger partial charge in [0.15, 0.2) is 5.75 Å². The molecule has 0 amide bonds. The van der Waals surface area contributed by atoms with Gasteiger partial charge in [0.1, 0.15) is 16.4 Å². The fourth-order valence-corrected chi connectivity index (χ4v) is 3.79. The zero-order valence-electron chi connectivity index (χ0n) is 13.8. The summed E-state index contributed by atoms with van der Waals surface area (Å²) in [6, 6.07) is 5.61. The molecule has 3 aromatic rings. The van der Waals surface area contributed by atoms with Crippen LogP contribution in [0.25, 0.3) is 22.4 Å². The highest BCUT2D eigenvalue weighted by atomic mass is 35.5. The Morgan fingerprint density at radius 2 is 1.88 bits per heavy atom. The molecule has 1 saturated carbocycles. The highest BCUT2D eigenvalue weighted by Gasteiger charge is 2.20. The Labute approximate surface area is 156 Å². The van der Waals surface area contributed by atoms with Gasteiger partial charge in [0.05, 0.1) is 17.1 Å². The van der Waals surface area contributed by atoms with E-state index in [0.717, 1.165) is 22.4 Å². The molecule has 2 aromatic heterocycles. The first-order valence-electron chi connectivity index (χ1n) is 8.63. The molecular formula is C19H19Cl2N3O. The van der Waals surface area contributed by atoms with Crippen molar-refractivity contribution in [3.63, 3.8) is 0 Å². The Bertz CT molecular complexity index is 873. The molecular weight excluding hydrogens is 357 g/mol. The van der Waals surface area contributed by atoms with Gasteiger partial charge in [0.2, 0.25) is 0 Å². The molecule has 6 heteroatoms. The lowest BCUT2D eigenvalue weighted by Gasteiger charge is -2.22. The average Bonchev–Trinajstić information content (AvgIpc) is 3.07. The number of aromatic nitrogens is 3. The lowest BCUT2D eigenvalue weighted by molar-refractivity contribution is 0.210. The maximum Gasteiger partial charge on any atom is 0.167 e. The van der Waals surface area contributed by atoms with Gasteiger partial charge in [0, 0.05) is 18.0 Å². The minimum absolute atomic E-state index is 0.428. The predicted octanol–water partition coefficient (Wildman–Crippen LogP) is 5.89. The van der Waals surface area contributed by atoms with E-state index < -0.39 is 0 Å². The smallest absolute Gasteiger partial charge is 0.167 e. The van der Waals surface area contributed by atoms with Gasteiger partial charge in [0.25, 0.3) is 0 Å². The first kappa shape index (κ1) is 16.7. The van der Waals surface area contributed by atoms with Crippen molar-refractivity contribution in [1.82, 2.24) is 15.0 Å². The molecule has 4 rings (SSSR count). The number of benzene rings is 1. The molecule has 1 aliphatic carbocycles. The van der Waals surface area contributed by atoms with Crippen LogP contribution in [0.4, 0.5) is 0 Å². The zero-order chi connectivity index (χ0) is 17.2. The number of rotatable bonds is 4. The lowest BCUT2D eigenvalue weighted by Crippen LogP contribution is -2.15. The Kier molecular flexibility index (Phi) is 4.82. The summed E-state index contributed by atoms with van der Waals surface area (Å²) in [6.07, 6.45) is 9.79. The van der Waals surface area contributed by atoms with Crippen LogP contribution in [0.3, 0.4) is 0 Å². The molecule has 4 nitrogen and oxygen atoms in total. The van der Waals surface area contributed by atoms with Crippen LogP contribution >= 0.6 is 23.2 Å². The third-order valence-electron chi connectivity index (χ3n) is 4.77. The van der Waals surface area contributed by atoms with Crippen molar-refractivity contribution >= 4 is 34.2 Å². The molecule has 0 aliphatic heterocycles. The van der Waals surface area contributed by atoms with E-state index in [9.17, 15) is 0 Å². The number of ether oxygens (including phenoxy) is 1. The number of halogens is 2. The summed E-state index contributed by atoms with van der Waals surface area (Å²) in [5.74, 6) is 1.90. The number of pyridine rings is 1. The third-order valence-corrected chi connectivity index (χ3v) is 5.54. The number of hydrogen-bond donors (Lipinski definition) is 1. The van der Waals surface area contributed by atoms with Crippen molar-refractivity contribution in [2.24, 2.45) is 5.92 Å². The number of nitrogens with one attached hydrogen (secondary N) is 1. The fraction of sp³-hybridized carbons (Fsp3) is 0.368. The molecule has 25 heavy (non-hydrogen) atoms. The van der Waals surface area contributed by atoms with E-state index in [2.05, 4.69) is 9.97 Å². The second kappa shape index (κ2) is 7.22. The van der Waals surface area contributed by atoms with E-state index in [1.165, 1.54) is 32.1 Å². The molecule has 0 unspecified atom stereocenters. The number of H-pyrrole nitrogens is 1. The Morgan fingerprint density at radius 3 is 2.64 bits per heavy atom. The molecule has 1 N–H and O–H groups in total. The number of fused-ring (bicyclic) bond motifs is 1. The molecule has 0 bridgehead atoms. The van der Waals surface area contributed by atoms with Crippen LogP contribution in [0.15, 0.2) is 30.6 Å². The second-order valence-corrected chi connectivity index (χ2v) is 7.32. The van der Waals surface area contributed by atoms with Gasteiger partial charge in [-0.15, -0.1) is 0 Å². The van der Waals surface area contributed by atoms with Crippen molar-refractivity contribution in [1.29, 1.82) is 0 Å². The summed E-state index contributed by atoms with van der Waals surface area (Å²) in [4.78, 5) is 12.0. The molecule has 0 saturated heterocycles.